The summed E-state index contributed by atoms with van der Waals surface area (Å²) < 4.78 is 5.48. The van der Waals surface area contributed by atoms with Gasteiger partial charge in [-0.3, -0.25) is 9.59 Å². The van der Waals surface area contributed by atoms with Crippen molar-refractivity contribution < 1.29 is 14.3 Å². The Kier molecular flexibility index (Phi) is 3.09. The molecule has 2 aliphatic rings. The highest BCUT2D eigenvalue weighted by molar-refractivity contribution is 6.30. The number of esters is 1. The van der Waals surface area contributed by atoms with E-state index >= 15 is 0 Å². The molecule has 3 rings (SSSR count). The third-order valence-electron chi connectivity index (χ3n) is 4.18. The van der Waals surface area contributed by atoms with Crippen molar-refractivity contribution in [2.45, 2.75) is 43.6 Å². The number of carbonyl (C=O) groups is 2. The fraction of sp³-hybridized carbons (Fsp3) is 0.467. The molecular weight excluding hydrogens is 264 g/mol. The molecule has 0 aromatic heterocycles. The second kappa shape index (κ2) is 4.64. The maximum atomic E-state index is 12.3. The zero-order valence-corrected chi connectivity index (χ0v) is 11.3. The summed E-state index contributed by atoms with van der Waals surface area (Å²) in [6.07, 6.45) is 3.27. The van der Waals surface area contributed by atoms with Gasteiger partial charge in [0.2, 0.25) is 0 Å². The number of halogens is 1. The van der Waals surface area contributed by atoms with Crippen LogP contribution in [0.1, 0.15) is 43.6 Å². The first kappa shape index (κ1) is 12.7. The van der Waals surface area contributed by atoms with Crippen molar-refractivity contribution in [1.29, 1.82) is 0 Å². The summed E-state index contributed by atoms with van der Waals surface area (Å²) in [4.78, 5) is 24.0. The quantitative estimate of drug-likeness (QED) is 0.741. The number of hydrogen-bond donors (Lipinski definition) is 0. The van der Waals surface area contributed by atoms with E-state index in [0.717, 1.165) is 18.4 Å². The molecule has 1 heterocycles. The van der Waals surface area contributed by atoms with E-state index < -0.39 is 5.60 Å². The van der Waals surface area contributed by atoms with E-state index in [0.29, 0.717) is 17.9 Å². The molecule has 0 amide bonds. The van der Waals surface area contributed by atoms with Crippen molar-refractivity contribution in [2.75, 3.05) is 0 Å². The maximum Gasteiger partial charge on any atom is 0.307 e. The van der Waals surface area contributed by atoms with Gasteiger partial charge in [-0.05, 0) is 37.0 Å². The van der Waals surface area contributed by atoms with E-state index in [1.165, 1.54) is 0 Å². The number of rotatable bonds is 1. The number of carbonyl (C=O) groups excluding carboxylic acids is 2. The Morgan fingerprint density at radius 2 is 1.89 bits per heavy atom. The number of hydrogen-bond acceptors (Lipinski definition) is 3. The molecule has 1 saturated carbocycles. The molecule has 3 nitrogen and oxygen atoms in total. The Hall–Kier alpha value is -1.35. The van der Waals surface area contributed by atoms with Crippen molar-refractivity contribution >= 4 is 23.4 Å². The molecule has 19 heavy (non-hydrogen) atoms. The lowest BCUT2D eigenvalue weighted by Gasteiger charge is -2.35. The van der Waals surface area contributed by atoms with Crippen LogP contribution >= 0.6 is 11.6 Å². The van der Waals surface area contributed by atoms with Gasteiger partial charge < -0.3 is 4.74 Å². The van der Waals surface area contributed by atoms with Gasteiger partial charge in [0.05, 0.1) is 6.42 Å². The first-order chi connectivity index (χ1) is 9.12. The van der Waals surface area contributed by atoms with Crippen molar-refractivity contribution in [3.05, 3.63) is 34.9 Å². The molecule has 1 aromatic rings. The summed E-state index contributed by atoms with van der Waals surface area (Å²) in [6, 6.07) is 7.36. The highest BCUT2D eigenvalue weighted by Gasteiger charge is 2.55. The van der Waals surface area contributed by atoms with Crippen LogP contribution in [0.15, 0.2) is 24.3 Å². The topological polar surface area (TPSA) is 43.4 Å². The third-order valence-corrected chi connectivity index (χ3v) is 4.43. The fourth-order valence-corrected chi connectivity index (χ4v) is 3.36. The minimum absolute atomic E-state index is 0.0737. The van der Waals surface area contributed by atoms with Gasteiger partial charge in [-0.15, -0.1) is 0 Å². The molecule has 2 fully saturated rings. The van der Waals surface area contributed by atoms with Crippen LogP contribution in [0, 0.1) is 0 Å². The molecule has 1 saturated heterocycles. The number of benzene rings is 1. The second-order valence-electron chi connectivity index (χ2n) is 5.30. The van der Waals surface area contributed by atoms with Gasteiger partial charge in [0, 0.05) is 17.4 Å². The van der Waals surface area contributed by atoms with Crippen molar-refractivity contribution in [2.24, 2.45) is 0 Å². The van der Waals surface area contributed by atoms with Gasteiger partial charge in [-0.25, -0.2) is 0 Å². The predicted octanol–water partition coefficient (Wildman–Crippen LogP) is 3.25. The van der Waals surface area contributed by atoms with Gasteiger partial charge in [0.15, 0.2) is 11.4 Å². The van der Waals surface area contributed by atoms with Gasteiger partial charge in [-0.1, -0.05) is 23.7 Å². The molecule has 1 aromatic carbocycles. The lowest BCUT2D eigenvalue weighted by atomic mass is 9.72. The van der Waals surface area contributed by atoms with Crippen molar-refractivity contribution in [1.82, 2.24) is 0 Å². The van der Waals surface area contributed by atoms with E-state index in [4.69, 9.17) is 16.3 Å². The molecule has 1 spiro atoms. The SMILES string of the molecule is O=C1C[C@@H](c2ccc(Cl)cc2)[C@]2(CCCCC2=O)O1. The van der Waals surface area contributed by atoms with Crippen LogP contribution in [0.5, 0.6) is 0 Å². The van der Waals surface area contributed by atoms with Crippen LogP contribution in [-0.4, -0.2) is 17.4 Å². The Morgan fingerprint density at radius 3 is 2.58 bits per heavy atom. The maximum absolute atomic E-state index is 12.3. The monoisotopic (exact) mass is 278 g/mol. The summed E-state index contributed by atoms with van der Waals surface area (Å²) in [5, 5.41) is 0.651. The summed E-state index contributed by atoms with van der Waals surface area (Å²) in [5.41, 5.74) is 0.0499. The molecule has 1 aliphatic carbocycles. The number of Topliss-reactive ketones (excluding diaryl/α,β-unsaturated/α-hetero) is 1. The summed E-state index contributed by atoms with van der Waals surface area (Å²) in [5.74, 6) is -0.357. The van der Waals surface area contributed by atoms with Crippen LogP contribution in [0.25, 0.3) is 0 Å². The largest absolute Gasteiger partial charge is 0.450 e. The molecule has 0 bridgehead atoms. The van der Waals surface area contributed by atoms with Crippen molar-refractivity contribution in [3.8, 4) is 0 Å². The van der Waals surface area contributed by atoms with E-state index in [-0.39, 0.29) is 24.1 Å². The molecule has 4 heteroatoms. The summed E-state index contributed by atoms with van der Waals surface area (Å²) in [7, 11) is 0. The highest BCUT2D eigenvalue weighted by atomic mass is 35.5. The fourth-order valence-electron chi connectivity index (χ4n) is 3.23. The Bertz CT molecular complexity index is 523. The van der Waals surface area contributed by atoms with E-state index in [9.17, 15) is 9.59 Å². The summed E-state index contributed by atoms with van der Waals surface area (Å²) in [6.45, 7) is 0. The van der Waals surface area contributed by atoms with Gasteiger partial charge in [0.25, 0.3) is 0 Å². The van der Waals surface area contributed by atoms with Crippen LogP contribution in [0.3, 0.4) is 0 Å². The molecule has 2 atom stereocenters. The molecule has 100 valence electrons. The van der Waals surface area contributed by atoms with Crippen LogP contribution in [0.2, 0.25) is 5.02 Å². The molecule has 1 aliphatic heterocycles. The number of ketones is 1. The summed E-state index contributed by atoms with van der Waals surface area (Å²) >= 11 is 5.89. The minimum atomic E-state index is -0.914. The second-order valence-corrected chi connectivity index (χ2v) is 5.74. The normalized spacial score (nSPS) is 30.7. The van der Waals surface area contributed by atoms with Crippen LogP contribution in [0.4, 0.5) is 0 Å². The van der Waals surface area contributed by atoms with Gasteiger partial charge in [0.1, 0.15) is 0 Å². The molecule has 0 N–H and O–H groups in total. The minimum Gasteiger partial charge on any atom is -0.450 e. The van der Waals surface area contributed by atoms with Crippen molar-refractivity contribution in [3.63, 3.8) is 0 Å². The Balaban J connectivity index is 2.00. The Morgan fingerprint density at radius 1 is 1.16 bits per heavy atom. The zero-order valence-electron chi connectivity index (χ0n) is 10.5. The third kappa shape index (κ3) is 2.06. The van der Waals surface area contributed by atoms with E-state index in [1.807, 2.05) is 12.1 Å². The molecule has 0 radical (unpaired) electrons. The van der Waals surface area contributed by atoms with Crippen LogP contribution in [-0.2, 0) is 14.3 Å². The zero-order chi connectivity index (χ0) is 13.5. The van der Waals surface area contributed by atoms with Gasteiger partial charge >= 0.3 is 5.97 Å². The Labute approximate surface area is 116 Å². The number of ether oxygens (including phenoxy) is 1. The van der Waals surface area contributed by atoms with E-state index in [2.05, 4.69) is 0 Å². The first-order valence-corrected chi connectivity index (χ1v) is 7.00. The highest BCUT2D eigenvalue weighted by Crippen LogP contribution is 2.47. The standard InChI is InChI=1S/C15H15ClO3/c16-11-6-4-10(5-7-11)12-9-14(18)19-15(12)8-2-1-3-13(15)17/h4-7,12H,1-3,8-9H2/t12-,15-/m0/s1. The molecule has 0 unspecified atom stereocenters. The first-order valence-electron chi connectivity index (χ1n) is 6.62. The average molecular weight is 279 g/mol. The van der Waals surface area contributed by atoms with Gasteiger partial charge in [-0.2, -0.15) is 0 Å². The van der Waals surface area contributed by atoms with E-state index in [1.54, 1.807) is 12.1 Å². The smallest absolute Gasteiger partial charge is 0.307 e. The van der Waals surface area contributed by atoms with Crippen LogP contribution < -0.4 is 0 Å². The molecular formula is C15H15ClO3. The lowest BCUT2D eigenvalue weighted by molar-refractivity contribution is -0.160. The predicted molar refractivity (Wildman–Crippen MR) is 71.1 cm³/mol. The lowest BCUT2D eigenvalue weighted by Crippen LogP contribution is -2.45. The average Bonchev–Trinajstić information content (AvgIpc) is 2.72.